The van der Waals surface area contributed by atoms with E-state index in [1.807, 2.05) is 0 Å². The van der Waals surface area contributed by atoms with E-state index >= 15 is 0 Å². The molecule has 1 atom stereocenters. The van der Waals surface area contributed by atoms with E-state index in [-0.39, 0.29) is 31.1 Å². The second-order valence-corrected chi connectivity index (χ2v) is 21.6. The zero-order valence-electron chi connectivity index (χ0n) is 51.2. The topological polar surface area (TPSA) is 78.9 Å². The van der Waals surface area contributed by atoms with E-state index in [0.29, 0.717) is 19.3 Å². The lowest BCUT2D eigenvalue weighted by atomic mass is 10.0. The zero-order chi connectivity index (χ0) is 56.4. The summed E-state index contributed by atoms with van der Waals surface area (Å²) in [5, 5.41) is 0. The van der Waals surface area contributed by atoms with Crippen LogP contribution in [0.25, 0.3) is 0 Å². The highest BCUT2D eigenvalue weighted by molar-refractivity contribution is 5.71. The molecule has 0 saturated heterocycles. The van der Waals surface area contributed by atoms with E-state index in [0.717, 1.165) is 128 Å². The summed E-state index contributed by atoms with van der Waals surface area (Å²) in [4.78, 5) is 38.2. The molecular formula is C72H122O6. The van der Waals surface area contributed by atoms with Gasteiger partial charge >= 0.3 is 17.9 Å². The highest BCUT2D eigenvalue weighted by Crippen LogP contribution is 2.16. The predicted molar refractivity (Wildman–Crippen MR) is 339 cm³/mol. The van der Waals surface area contributed by atoms with E-state index in [1.54, 1.807) is 0 Å². The van der Waals surface area contributed by atoms with Crippen LogP contribution >= 0.6 is 0 Å². The lowest BCUT2D eigenvalue weighted by molar-refractivity contribution is -0.167. The molecular weight excluding hydrogens is 961 g/mol. The van der Waals surface area contributed by atoms with Crippen molar-refractivity contribution in [3.05, 3.63) is 109 Å². The molecule has 0 rings (SSSR count). The van der Waals surface area contributed by atoms with Crippen LogP contribution in [0.4, 0.5) is 0 Å². The SMILES string of the molecule is CC/C=C\C/C=C\C/C=C\C/C=C\C/C=C\C/C=C\CCCCCCCCCCCCCCCCCCC(=O)OCC(COC(=O)CCCCCCC/C=C\CCCC)OC(=O)CCCCCCC/C=C\C/C=C\CCCC. The van der Waals surface area contributed by atoms with E-state index in [1.165, 1.54) is 141 Å². The molecule has 0 fully saturated rings. The lowest BCUT2D eigenvalue weighted by Crippen LogP contribution is -2.30. The molecule has 1 unspecified atom stereocenters. The lowest BCUT2D eigenvalue weighted by Gasteiger charge is -2.18. The number of rotatable bonds is 59. The van der Waals surface area contributed by atoms with Gasteiger partial charge in [0, 0.05) is 19.3 Å². The van der Waals surface area contributed by atoms with Gasteiger partial charge in [0.05, 0.1) is 0 Å². The van der Waals surface area contributed by atoms with Gasteiger partial charge in [0.2, 0.25) is 0 Å². The minimum Gasteiger partial charge on any atom is -0.462 e. The van der Waals surface area contributed by atoms with Crippen molar-refractivity contribution in [2.75, 3.05) is 13.2 Å². The molecule has 0 aliphatic heterocycles. The Morgan fingerprint density at radius 2 is 0.500 bits per heavy atom. The fourth-order valence-electron chi connectivity index (χ4n) is 9.03. The summed E-state index contributed by atoms with van der Waals surface area (Å²) >= 11 is 0. The molecule has 0 aliphatic carbocycles. The van der Waals surface area contributed by atoms with Crippen molar-refractivity contribution in [3.8, 4) is 0 Å². The third kappa shape index (κ3) is 62.9. The maximum atomic E-state index is 12.8. The third-order valence-electron chi connectivity index (χ3n) is 14.0. The zero-order valence-corrected chi connectivity index (χ0v) is 51.2. The Hall–Kier alpha value is -3.93. The fourth-order valence-corrected chi connectivity index (χ4v) is 9.03. The van der Waals surface area contributed by atoms with Gasteiger partial charge in [-0.3, -0.25) is 14.4 Å². The molecule has 0 radical (unpaired) electrons. The first kappa shape index (κ1) is 74.1. The highest BCUT2D eigenvalue weighted by atomic mass is 16.6. The van der Waals surface area contributed by atoms with Gasteiger partial charge in [0.25, 0.3) is 0 Å². The molecule has 6 heteroatoms. The van der Waals surface area contributed by atoms with Gasteiger partial charge in [-0.25, -0.2) is 0 Å². The first-order valence-electron chi connectivity index (χ1n) is 32.9. The monoisotopic (exact) mass is 1080 g/mol. The van der Waals surface area contributed by atoms with Crippen molar-refractivity contribution < 1.29 is 28.6 Å². The number of hydrogen-bond donors (Lipinski definition) is 0. The van der Waals surface area contributed by atoms with Gasteiger partial charge < -0.3 is 14.2 Å². The van der Waals surface area contributed by atoms with Crippen molar-refractivity contribution in [1.82, 2.24) is 0 Å². The van der Waals surface area contributed by atoms with Crippen LogP contribution in [0.15, 0.2) is 109 Å². The molecule has 0 amide bonds. The van der Waals surface area contributed by atoms with Crippen LogP contribution < -0.4 is 0 Å². The Bertz CT molecular complexity index is 1570. The van der Waals surface area contributed by atoms with Gasteiger partial charge in [0.15, 0.2) is 6.10 Å². The van der Waals surface area contributed by atoms with E-state index in [2.05, 4.69) is 130 Å². The molecule has 0 N–H and O–H groups in total. The standard InChI is InChI=1S/C72H122O6/c1-4-7-10-13-16-19-22-24-26-27-28-29-30-31-32-33-34-35-36-37-38-39-40-41-42-43-44-45-46-48-50-53-56-59-62-65-71(74)77-68-69(67-76-70(73)64-61-58-55-52-49-21-18-15-12-9-6-3)78-72(75)66-63-60-57-54-51-47-25-23-20-17-14-11-8-5-2/h7,10,14-19,23-26,28-29,31-32,34-35,69H,4-6,8-9,11-13,20-22,27,30,33,36-68H2,1-3H3/b10-7-,17-14-,18-15-,19-16-,25-23-,26-24-,29-28-,32-31-,35-34-. The summed E-state index contributed by atoms with van der Waals surface area (Å²) in [5.41, 5.74) is 0. The minimum atomic E-state index is -0.787. The number of unbranched alkanes of at least 4 members (excludes halogenated alkanes) is 30. The van der Waals surface area contributed by atoms with Crippen LogP contribution in [-0.4, -0.2) is 37.2 Å². The van der Waals surface area contributed by atoms with Gasteiger partial charge in [0.1, 0.15) is 13.2 Å². The van der Waals surface area contributed by atoms with Crippen molar-refractivity contribution >= 4 is 17.9 Å². The van der Waals surface area contributed by atoms with Gasteiger partial charge in [-0.15, -0.1) is 0 Å². The van der Waals surface area contributed by atoms with Crippen molar-refractivity contribution in [2.45, 2.75) is 316 Å². The molecule has 0 aromatic rings. The van der Waals surface area contributed by atoms with E-state index < -0.39 is 6.10 Å². The van der Waals surface area contributed by atoms with E-state index in [9.17, 15) is 14.4 Å². The Morgan fingerprint density at radius 1 is 0.269 bits per heavy atom. The molecule has 0 bridgehead atoms. The maximum Gasteiger partial charge on any atom is 0.306 e. The van der Waals surface area contributed by atoms with Crippen molar-refractivity contribution in [2.24, 2.45) is 0 Å². The van der Waals surface area contributed by atoms with Crippen LogP contribution in [0.5, 0.6) is 0 Å². The molecule has 446 valence electrons. The smallest absolute Gasteiger partial charge is 0.306 e. The molecule has 6 nitrogen and oxygen atoms in total. The summed E-state index contributed by atoms with van der Waals surface area (Å²) in [6.07, 6.45) is 89.8. The van der Waals surface area contributed by atoms with Crippen molar-refractivity contribution in [3.63, 3.8) is 0 Å². The number of allylic oxidation sites excluding steroid dienone is 18. The molecule has 0 aromatic heterocycles. The van der Waals surface area contributed by atoms with Crippen LogP contribution in [0.3, 0.4) is 0 Å². The van der Waals surface area contributed by atoms with Crippen molar-refractivity contribution in [1.29, 1.82) is 0 Å². The summed E-state index contributed by atoms with van der Waals surface area (Å²) in [7, 11) is 0. The predicted octanol–water partition coefficient (Wildman–Crippen LogP) is 22.6. The van der Waals surface area contributed by atoms with E-state index in [4.69, 9.17) is 14.2 Å². The van der Waals surface area contributed by atoms with Gasteiger partial charge in [-0.2, -0.15) is 0 Å². The summed E-state index contributed by atoms with van der Waals surface area (Å²) in [6, 6.07) is 0. The summed E-state index contributed by atoms with van der Waals surface area (Å²) in [6.45, 7) is 6.44. The summed E-state index contributed by atoms with van der Waals surface area (Å²) in [5.74, 6) is -0.901. The van der Waals surface area contributed by atoms with Crippen LogP contribution in [0, 0.1) is 0 Å². The first-order chi connectivity index (χ1) is 38.5. The molecule has 0 spiro atoms. The average Bonchev–Trinajstić information content (AvgIpc) is 3.44. The number of carbonyl (C=O) groups excluding carboxylic acids is 3. The highest BCUT2D eigenvalue weighted by Gasteiger charge is 2.19. The quantitative estimate of drug-likeness (QED) is 0.0261. The number of ether oxygens (including phenoxy) is 3. The Balaban J connectivity index is 4.10. The fraction of sp³-hybridized carbons (Fsp3) is 0.708. The second kappa shape index (κ2) is 65.6. The maximum absolute atomic E-state index is 12.8. The Labute approximate surface area is 482 Å². The first-order valence-corrected chi connectivity index (χ1v) is 32.9. The molecule has 0 aromatic carbocycles. The third-order valence-corrected chi connectivity index (χ3v) is 14.0. The molecule has 0 aliphatic rings. The van der Waals surface area contributed by atoms with Crippen LogP contribution in [-0.2, 0) is 28.6 Å². The number of hydrogen-bond acceptors (Lipinski definition) is 6. The average molecular weight is 1080 g/mol. The Kier molecular flexibility index (Phi) is 62.3. The van der Waals surface area contributed by atoms with Gasteiger partial charge in [-0.1, -0.05) is 284 Å². The number of carbonyl (C=O) groups is 3. The molecule has 78 heavy (non-hydrogen) atoms. The molecule has 0 heterocycles. The number of esters is 3. The molecule has 0 saturated carbocycles. The van der Waals surface area contributed by atoms with Crippen LogP contribution in [0.2, 0.25) is 0 Å². The van der Waals surface area contributed by atoms with Gasteiger partial charge in [-0.05, 0) is 116 Å². The summed E-state index contributed by atoms with van der Waals surface area (Å²) < 4.78 is 16.9. The normalized spacial score (nSPS) is 12.8. The minimum absolute atomic E-state index is 0.0842. The largest absolute Gasteiger partial charge is 0.462 e. The Morgan fingerprint density at radius 3 is 0.795 bits per heavy atom. The second-order valence-electron chi connectivity index (χ2n) is 21.6. The van der Waals surface area contributed by atoms with Crippen LogP contribution in [0.1, 0.15) is 310 Å².